The molecule has 90 valence electrons. The van der Waals surface area contributed by atoms with E-state index in [1.807, 2.05) is 0 Å². The van der Waals surface area contributed by atoms with Crippen molar-refractivity contribution in [3.63, 3.8) is 0 Å². The van der Waals surface area contributed by atoms with Crippen LogP contribution in [-0.4, -0.2) is 36.2 Å². The average molecular weight is 235 g/mol. The first-order chi connectivity index (χ1) is 8.13. The third kappa shape index (κ3) is 2.08. The molecule has 17 heavy (non-hydrogen) atoms. The summed E-state index contributed by atoms with van der Waals surface area (Å²) in [4.78, 5) is 15.5. The number of phenolic OH excluding ortho intramolecular Hbond substituents is 1. The third-order valence-corrected chi connectivity index (χ3v) is 2.58. The van der Waals surface area contributed by atoms with Gasteiger partial charge in [0.2, 0.25) is 5.90 Å². The van der Waals surface area contributed by atoms with Gasteiger partial charge in [-0.1, -0.05) is 12.1 Å². The summed E-state index contributed by atoms with van der Waals surface area (Å²) in [5.74, 6) is -0.0992. The lowest BCUT2D eigenvalue weighted by Gasteiger charge is -2.10. The van der Waals surface area contributed by atoms with Crippen molar-refractivity contribution < 1.29 is 19.4 Å². The number of aromatic hydroxyl groups is 1. The van der Waals surface area contributed by atoms with Gasteiger partial charge in [0.25, 0.3) is 0 Å². The molecule has 0 saturated carbocycles. The summed E-state index contributed by atoms with van der Waals surface area (Å²) >= 11 is 0. The largest absolute Gasteiger partial charge is 0.507 e. The summed E-state index contributed by atoms with van der Waals surface area (Å²) in [5.41, 5.74) is 0.478. The van der Waals surface area contributed by atoms with Crippen LogP contribution in [0.1, 0.15) is 12.5 Å². The second-order valence-electron chi connectivity index (χ2n) is 3.74. The van der Waals surface area contributed by atoms with Gasteiger partial charge in [-0.15, -0.1) is 0 Å². The third-order valence-electron chi connectivity index (χ3n) is 2.58. The molecule has 2 rings (SSSR count). The lowest BCUT2D eigenvalue weighted by Crippen LogP contribution is -2.28. The summed E-state index contributed by atoms with van der Waals surface area (Å²) in [6.45, 7) is 1.73. The number of ether oxygens (including phenoxy) is 2. The Balaban J connectivity index is 2.30. The van der Waals surface area contributed by atoms with Crippen LogP contribution in [0.15, 0.2) is 29.3 Å². The van der Waals surface area contributed by atoms with E-state index >= 15 is 0 Å². The predicted molar refractivity (Wildman–Crippen MR) is 61.0 cm³/mol. The zero-order chi connectivity index (χ0) is 12.4. The van der Waals surface area contributed by atoms with Crippen molar-refractivity contribution in [2.24, 2.45) is 4.99 Å². The molecule has 1 aliphatic rings. The van der Waals surface area contributed by atoms with Crippen LogP contribution in [0.5, 0.6) is 5.75 Å². The monoisotopic (exact) mass is 235 g/mol. The molecule has 1 aromatic carbocycles. The second-order valence-corrected chi connectivity index (χ2v) is 3.74. The molecule has 1 aromatic rings. The normalized spacial score (nSPS) is 22.8. The Hall–Kier alpha value is -2.04. The highest BCUT2D eigenvalue weighted by Crippen LogP contribution is 2.24. The molecule has 1 heterocycles. The van der Waals surface area contributed by atoms with Gasteiger partial charge in [-0.2, -0.15) is 0 Å². The van der Waals surface area contributed by atoms with Crippen molar-refractivity contribution in [2.75, 3.05) is 7.11 Å². The molecule has 0 spiro atoms. The molecule has 0 saturated heterocycles. The topological polar surface area (TPSA) is 68.1 Å². The van der Waals surface area contributed by atoms with Crippen LogP contribution in [0.2, 0.25) is 0 Å². The van der Waals surface area contributed by atoms with Crippen LogP contribution in [0.25, 0.3) is 0 Å². The first-order valence-corrected chi connectivity index (χ1v) is 5.24. The zero-order valence-electron chi connectivity index (χ0n) is 9.58. The Morgan fingerprint density at radius 2 is 2.18 bits per heavy atom. The van der Waals surface area contributed by atoms with Gasteiger partial charge in [0, 0.05) is 0 Å². The maximum Gasteiger partial charge on any atom is 0.334 e. The second kappa shape index (κ2) is 4.45. The SMILES string of the molecule is COC(=O)[C@H]1N=C(c2ccccc2O)O[C@H]1C. The van der Waals surface area contributed by atoms with E-state index in [0.717, 1.165) is 0 Å². The molecule has 1 N–H and O–H groups in total. The minimum absolute atomic E-state index is 0.0731. The van der Waals surface area contributed by atoms with Gasteiger partial charge in [0.1, 0.15) is 11.9 Å². The fourth-order valence-corrected chi connectivity index (χ4v) is 1.65. The number of para-hydroxylation sites is 1. The molecule has 0 radical (unpaired) electrons. The van der Waals surface area contributed by atoms with Crippen molar-refractivity contribution in [3.8, 4) is 5.75 Å². The van der Waals surface area contributed by atoms with E-state index in [9.17, 15) is 9.90 Å². The van der Waals surface area contributed by atoms with Crippen LogP contribution in [0.3, 0.4) is 0 Å². The van der Waals surface area contributed by atoms with Crippen molar-refractivity contribution in [2.45, 2.75) is 19.1 Å². The van der Waals surface area contributed by atoms with E-state index < -0.39 is 18.1 Å². The molecule has 2 atom stereocenters. The molecular formula is C12H13NO4. The number of hydrogen-bond donors (Lipinski definition) is 1. The van der Waals surface area contributed by atoms with Gasteiger partial charge < -0.3 is 14.6 Å². The first-order valence-electron chi connectivity index (χ1n) is 5.24. The fraction of sp³-hybridized carbons (Fsp3) is 0.333. The highest BCUT2D eigenvalue weighted by atomic mass is 16.5. The molecule has 0 bridgehead atoms. The molecule has 5 nitrogen and oxygen atoms in total. The lowest BCUT2D eigenvalue weighted by atomic mass is 10.2. The van der Waals surface area contributed by atoms with Crippen LogP contribution >= 0.6 is 0 Å². The molecular weight excluding hydrogens is 222 g/mol. The average Bonchev–Trinajstić information content (AvgIpc) is 2.71. The maximum absolute atomic E-state index is 11.4. The number of aliphatic imine (C=N–C) groups is 1. The number of methoxy groups -OCH3 is 1. The fourth-order valence-electron chi connectivity index (χ4n) is 1.65. The first kappa shape index (κ1) is 11.4. The number of nitrogens with zero attached hydrogens (tertiary/aromatic N) is 1. The molecule has 0 aromatic heterocycles. The molecule has 0 unspecified atom stereocenters. The molecule has 0 aliphatic carbocycles. The van der Waals surface area contributed by atoms with E-state index in [4.69, 9.17) is 4.74 Å². The molecule has 5 heteroatoms. The number of benzene rings is 1. The maximum atomic E-state index is 11.4. The zero-order valence-corrected chi connectivity index (χ0v) is 9.58. The Labute approximate surface area is 98.7 Å². The quantitative estimate of drug-likeness (QED) is 0.779. The van der Waals surface area contributed by atoms with Crippen LogP contribution in [0.4, 0.5) is 0 Å². The van der Waals surface area contributed by atoms with Crippen LogP contribution in [0, 0.1) is 0 Å². The smallest absolute Gasteiger partial charge is 0.334 e. The Bertz CT molecular complexity index is 469. The van der Waals surface area contributed by atoms with Gasteiger partial charge in [0.15, 0.2) is 6.04 Å². The van der Waals surface area contributed by atoms with Gasteiger partial charge >= 0.3 is 5.97 Å². The summed E-state index contributed by atoms with van der Waals surface area (Å²) < 4.78 is 10.1. The lowest BCUT2D eigenvalue weighted by molar-refractivity contribution is -0.143. The molecule has 0 amide bonds. The molecule has 1 aliphatic heterocycles. The Kier molecular flexibility index (Phi) is 2.99. The van der Waals surface area contributed by atoms with Gasteiger partial charge in [-0.3, -0.25) is 0 Å². The van der Waals surface area contributed by atoms with Crippen molar-refractivity contribution in [1.82, 2.24) is 0 Å². The summed E-state index contributed by atoms with van der Waals surface area (Å²) in [7, 11) is 1.31. The minimum atomic E-state index is -0.672. The van der Waals surface area contributed by atoms with Crippen molar-refractivity contribution in [1.29, 1.82) is 0 Å². The number of phenols is 1. The standard InChI is InChI=1S/C12H13NO4/c1-7-10(12(15)16-2)13-11(17-7)8-5-3-4-6-9(8)14/h3-7,10,14H,1-2H3/t7-,10-/m0/s1. The van der Waals surface area contributed by atoms with E-state index in [0.29, 0.717) is 5.56 Å². The van der Waals surface area contributed by atoms with Crippen LogP contribution < -0.4 is 0 Å². The van der Waals surface area contributed by atoms with Gasteiger partial charge in [-0.05, 0) is 19.1 Å². The Morgan fingerprint density at radius 3 is 2.82 bits per heavy atom. The highest BCUT2D eigenvalue weighted by Gasteiger charge is 2.35. The number of hydrogen-bond acceptors (Lipinski definition) is 5. The summed E-state index contributed by atoms with van der Waals surface area (Å²) in [5, 5.41) is 9.66. The van der Waals surface area contributed by atoms with Crippen LogP contribution in [-0.2, 0) is 14.3 Å². The predicted octanol–water partition coefficient (Wildman–Crippen LogP) is 1.10. The van der Waals surface area contributed by atoms with Gasteiger partial charge in [0.05, 0.1) is 12.7 Å². The van der Waals surface area contributed by atoms with E-state index in [1.54, 1.807) is 25.1 Å². The van der Waals surface area contributed by atoms with E-state index in [-0.39, 0.29) is 11.6 Å². The summed E-state index contributed by atoms with van der Waals surface area (Å²) in [6, 6.07) is 6.01. The van der Waals surface area contributed by atoms with Crippen molar-refractivity contribution >= 4 is 11.9 Å². The Morgan fingerprint density at radius 1 is 1.47 bits per heavy atom. The number of esters is 1. The number of rotatable bonds is 2. The van der Waals surface area contributed by atoms with E-state index in [1.165, 1.54) is 13.2 Å². The minimum Gasteiger partial charge on any atom is -0.507 e. The highest BCUT2D eigenvalue weighted by molar-refractivity contribution is 6.00. The summed E-state index contributed by atoms with van der Waals surface area (Å²) in [6.07, 6.45) is -0.392. The van der Waals surface area contributed by atoms with Gasteiger partial charge in [-0.25, -0.2) is 9.79 Å². The molecule has 0 fully saturated rings. The number of carbonyl (C=O) groups excluding carboxylic acids is 1. The van der Waals surface area contributed by atoms with E-state index in [2.05, 4.69) is 9.73 Å². The number of carbonyl (C=O) groups is 1. The van der Waals surface area contributed by atoms with Crippen molar-refractivity contribution in [3.05, 3.63) is 29.8 Å².